The largest absolute Gasteiger partial charge is 0.380 e. The average molecular weight is 240 g/mol. The Morgan fingerprint density at radius 3 is 2.71 bits per heavy atom. The average Bonchev–Trinajstić information content (AvgIpc) is 2.29. The van der Waals surface area contributed by atoms with Gasteiger partial charge in [-0.15, -0.1) is 0 Å². The fourth-order valence-electron chi connectivity index (χ4n) is 3.26. The molecule has 2 heterocycles. The summed E-state index contributed by atoms with van der Waals surface area (Å²) in [6.07, 6.45) is 3.70. The summed E-state index contributed by atoms with van der Waals surface area (Å²) in [6, 6.07) is 0.662. The van der Waals surface area contributed by atoms with Crippen LogP contribution in [-0.2, 0) is 4.74 Å². The number of ether oxygens (including phenoxy) is 1. The van der Waals surface area contributed by atoms with E-state index in [1.54, 1.807) is 0 Å². The van der Waals surface area contributed by atoms with Crippen LogP contribution in [0.1, 0.15) is 47.0 Å². The van der Waals surface area contributed by atoms with E-state index in [1.165, 1.54) is 19.3 Å². The Hall–Kier alpha value is -0.120. The lowest BCUT2D eigenvalue weighted by atomic mass is 9.86. The Balaban J connectivity index is 2.13. The molecule has 3 nitrogen and oxygen atoms in total. The Morgan fingerprint density at radius 1 is 1.35 bits per heavy atom. The number of nitrogens with zero attached hydrogens (tertiary/aromatic N) is 1. The Morgan fingerprint density at radius 2 is 2.12 bits per heavy atom. The molecule has 17 heavy (non-hydrogen) atoms. The van der Waals surface area contributed by atoms with Gasteiger partial charge in [-0.3, -0.25) is 4.90 Å². The summed E-state index contributed by atoms with van der Waals surface area (Å²) in [5, 5.41) is 3.66. The number of hydrogen-bond acceptors (Lipinski definition) is 3. The maximum Gasteiger partial charge on any atom is 0.0647 e. The molecule has 2 fully saturated rings. The third-order valence-corrected chi connectivity index (χ3v) is 4.40. The molecule has 2 rings (SSSR count). The molecule has 0 spiro atoms. The molecular formula is C14H28N2O. The van der Waals surface area contributed by atoms with Crippen LogP contribution in [0.15, 0.2) is 0 Å². The Labute approximate surface area is 106 Å². The SMILES string of the molecule is CCC1CNC(C)(C)CN1C1(C)CCCOC1. The van der Waals surface area contributed by atoms with Crippen LogP contribution in [0.4, 0.5) is 0 Å². The zero-order valence-electron chi connectivity index (χ0n) is 11.9. The van der Waals surface area contributed by atoms with Crippen molar-refractivity contribution < 1.29 is 4.74 Å². The van der Waals surface area contributed by atoms with Crippen LogP contribution < -0.4 is 5.32 Å². The van der Waals surface area contributed by atoms with Crippen molar-refractivity contribution >= 4 is 0 Å². The summed E-state index contributed by atoms with van der Waals surface area (Å²) in [5.74, 6) is 0. The van der Waals surface area contributed by atoms with E-state index in [2.05, 4.69) is 37.9 Å². The predicted octanol–water partition coefficient (Wildman–Crippen LogP) is 2.02. The van der Waals surface area contributed by atoms with Crippen molar-refractivity contribution in [3.8, 4) is 0 Å². The third kappa shape index (κ3) is 2.83. The number of nitrogens with one attached hydrogen (secondary N) is 1. The third-order valence-electron chi connectivity index (χ3n) is 4.40. The van der Waals surface area contributed by atoms with Gasteiger partial charge in [0.15, 0.2) is 0 Å². The molecule has 1 N–H and O–H groups in total. The van der Waals surface area contributed by atoms with Crippen molar-refractivity contribution in [2.75, 3.05) is 26.3 Å². The molecule has 2 atom stereocenters. The highest BCUT2D eigenvalue weighted by Crippen LogP contribution is 2.32. The molecule has 0 aromatic carbocycles. The lowest BCUT2D eigenvalue weighted by Crippen LogP contribution is -2.68. The van der Waals surface area contributed by atoms with Crippen LogP contribution in [0.2, 0.25) is 0 Å². The molecule has 2 aliphatic heterocycles. The standard InChI is InChI=1S/C14H28N2O/c1-5-12-9-15-13(2,3)10-16(12)14(4)7-6-8-17-11-14/h12,15H,5-11H2,1-4H3. The predicted molar refractivity (Wildman–Crippen MR) is 71.3 cm³/mol. The Bertz CT molecular complexity index is 259. The van der Waals surface area contributed by atoms with E-state index in [4.69, 9.17) is 4.74 Å². The summed E-state index contributed by atoms with van der Waals surface area (Å²) in [6.45, 7) is 13.4. The first kappa shape index (κ1) is 13.3. The molecular weight excluding hydrogens is 212 g/mol. The Kier molecular flexibility index (Phi) is 3.81. The van der Waals surface area contributed by atoms with Gasteiger partial charge in [-0.2, -0.15) is 0 Å². The molecule has 3 heteroatoms. The first-order valence-electron chi connectivity index (χ1n) is 7.06. The van der Waals surface area contributed by atoms with Gasteiger partial charge in [0.2, 0.25) is 0 Å². The van der Waals surface area contributed by atoms with E-state index in [9.17, 15) is 0 Å². The molecule has 2 unspecified atom stereocenters. The molecule has 0 aliphatic carbocycles. The fraction of sp³-hybridized carbons (Fsp3) is 1.00. The number of piperazine rings is 1. The van der Waals surface area contributed by atoms with E-state index in [0.717, 1.165) is 26.3 Å². The highest BCUT2D eigenvalue weighted by atomic mass is 16.5. The van der Waals surface area contributed by atoms with Gasteiger partial charge in [-0.25, -0.2) is 0 Å². The van der Waals surface area contributed by atoms with Gasteiger partial charge >= 0.3 is 0 Å². The van der Waals surface area contributed by atoms with Gasteiger partial charge < -0.3 is 10.1 Å². The van der Waals surface area contributed by atoms with Gasteiger partial charge in [-0.1, -0.05) is 6.92 Å². The van der Waals surface area contributed by atoms with Crippen molar-refractivity contribution in [3.63, 3.8) is 0 Å². The van der Waals surface area contributed by atoms with Gasteiger partial charge in [0.1, 0.15) is 0 Å². The highest BCUT2D eigenvalue weighted by Gasteiger charge is 2.42. The van der Waals surface area contributed by atoms with Crippen LogP contribution in [-0.4, -0.2) is 48.3 Å². The van der Waals surface area contributed by atoms with Crippen molar-refractivity contribution in [3.05, 3.63) is 0 Å². The molecule has 0 amide bonds. The number of hydrogen-bond donors (Lipinski definition) is 1. The summed E-state index contributed by atoms with van der Waals surface area (Å²) in [5.41, 5.74) is 0.477. The number of rotatable bonds is 2. The van der Waals surface area contributed by atoms with Crippen LogP contribution in [0, 0.1) is 0 Å². The van der Waals surface area contributed by atoms with Crippen LogP contribution >= 0.6 is 0 Å². The van der Waals surface area contributed by atoms with Gasteiger partial charge in [0, 0.05) is 36.8 Å². The molecule has 0 saturated carbocycles. The molecule has 0 aromatic heterocycles. The van der Waals surface area contributed by atoms with Gasteiger partial charge in [-0.05, 0) is 40.0 Å². The monoisotopic (exact) mass is 240 g/mol. The van der Waals surface area contributed by atoms with Crippen molar-refractivity contribution in [2.24, 2.45) is 0 Å². The molecule has 100 valence electrons. The molecule has 0 radical (unpaired) electrons. The first-order chi connectivity index (χ1) is 7.97. The second kappa shape index (κ2) is 4.87. The molecule has 2 aliphatic rings. The lowest BCUT2D eigenvalue weighted by molar-refractivity contribution is -0.0802. The van der Waals surface area contributed by atoms with Crippen LogP contribution in [0.3, 0.4) is 0 Å². The summed E-state index contributed by atoms with van der Waals surface area (Å²) < 4.78 is 5.74. The smallest absolute Gasteiger partial charge is 0.0647 e. The zero-order valence-corrected chi connectivity index (χ0v) is 11.9. The van der Waals surface area contributed by atoms with Crippen LogP contribution in [0.25, 0.3) is 0 Å². The first-order valence-corrected chi connectivity index (χ1v) is 7.06. The van der Waals surface area contributed by atoms with Gasteiger partial charge in [0.05, 0.1) is 6.61 Å². The summed E-state index contributed by atoms with van der Waals surface area (Å²) >= 11 is 0. The normalized spacial score (nSPS) is 39.2. The molecule has 0 bridgehead atoms. The zero-order chi connectivity index (χ0) is 12.5. The second-order valence-electron chi connectivity index (χ2n) is 6.61. The van der Waals surface area contributed by atoms with Crippen LogP contribution in [0.5, 0.6) is 0 Å². The summed E-state index contributed by atoms with van der Waals surface area (Å²) in [4.78, 5) is 2.71. The van der Waals surface area contributed by atoms with E-state index in [-0.39, 0.29) is 11.1 Å². The van der Waals surface area contributed by atoms with Crippen molar-refractivity contribution in [2.45, 2.75) is 64.1 Å². The maximum absolute atomic E-state index is 5.74. The van der Waals surface area contributed by atoms with Gasteiger partial charge in [0.25, 0.3) is 0 Å². The molecule has 0 aromatic rings. The summed E-state index contributed by atoms with van der Waals surface area (Å²) in [7, 11) is 0. The lowest BCUT2D eigenvalue weighted by Gasteiger charge is -2.54. The van der Waals surface area contributed by atoms with E-state index in [1.807, 2.05) is 0 Å². The quantitative estimate of drug-likeness (QED) is 0.799. The van der Waals surface area contributed by atoms with Crippen molar-refractivity contribution in [1.82, 2.24) is 10.2 Å². The second-order valence-corrected chi connectivity index (χ2v) is 6.61. The minimum Gasteiger partial charge on any atom is -0.380 e. The molecule has 2 saturated heterocycles. The van der Waals surface area contributed by atoms with Crippen molar-refractivity contribution in [1.29, 1.82) is 0 Å². The maximum atomic E-state index is 5.74. The minimum absolute atomic E-state index is 0.228. The highest BCUT2D eigenvalue weighted by molar-refractivity contribution is 5.00. The minimum atomic E-state index is 0.228. The van der Waals surface area contributed by atoms with E-state index >= 15 is 0 Å². The van der Waals surface area contributed by atoms with E-state index < -0.39 is 0 Å². The fourth-order valence-corrected chi connectivity index (χ4v) is 3.26. The topological polar surface area (TPSA) is 24.5 Å². The van der Waals surface area contributed by atoms with E-state index in [0.29, 0.717) is 6.04 Å².